The second-order valence-electron chi connectivity index (χ2n) is 3.67. The molecule has 0 saturated heterocycles. The van der Waals surface area contributed by atoms with Crippen LogP contribution in [0.2, 0.25) is 0 Å². The number of nitro benzene ring substituents is 1. The topological polar surface area (TPSA) is 89.3 Å². The van der Waals surface area contributed by atoms with Crippen LogP contribution in [-0.2, 0) is 10.0 Å². The molecule has 1 rings (SSSR count). The first kappa shape index (κ1) is 14.7. The van der Waals surface area contributed by atoms with E-state index in [1.54, 1.807) is 0 Å². The number of rotatable bonds is 6. The van der Waals surface area contributed by atoms with Crippen LogP contribution >= 0.6 is 11.6 Å². The van der Waals surface area contributed by atoms with Crippen LogP contribution in [-0.4, -0.2) is 25.0 Å². The monoisotopic (exact) mass is 292 g/mol. The largest absolute Gasteiger partial charge is 0.283 e. The first-order valence-corrected chi connectivity index (χ1v) is 7.36. The van der Waals surface area contributed by atoms with Crippen molar-refractivity contribution in [1.29, 1.82) is 0 Å². The number of nitrogens with one attached hydrogen (secondary N) is 1. The first-order chi connectivity index (χ1) is 8.37. The summed E-state index contributed by atoms with van der Waals surface area (Å²) in [5.74, 6) is 0.132. The molecule has 0 fully saturated rings. The van der Waals surface area contributed by atoms with Gasteiger partial charge in [0.2, 0.25) is 10.0 Å². The van der Waals surface area contributed by atoms with Gasteiger partial charge in [-0.15, -0.1) is 11.6 Å². The molecular formula is C10H13ClN2O4S. The summed E-state index contributed by atoms with van der Waals surface area (Å²) < 4.78 is 25.6. The van der Waals surface area contributed by atoms with E-state index < -0.39 is 14.9 Å². The molecule has 1 aromatic carbocycles. The van der Waals surface area contributed by atoms with Crippen LogP contribution in [0, 0.1) is 17.0 Å². The van der Waals surface area contributed by atoms with Gasteiger partial charge in [-0.3, -0.25) is 14.8 Å². The van der Waals surface area contributed by atoms with E-state index in [4.69, 9.17) is 11.6 Å². The minimum Gasteiger partial charge on any atom is -0.283 e. The van der Waals surface area contributed by atoms with Gasteiger partial charge in [0.05, 0.1) is 21.9 Å². The van der Waals surface area contributed by atoms with Crippen LogP contribution in [0.4, 0.5) is 11.4 Å². The van der Waals surface area contributed by atoms with Crippen LogP contribution in [0.3, 0.4) is 0 Å². The van der Waals surface area contributed by atoms with Gasteiger partial charge in [-0.2, -0.15) is 0 Å². The highest BCUT2D eigenvalue weighted by molar-refractivity contribution is 7.92. The Labute approximate surface area is 110 Å². The molecule has 0 radical (unpaired) electrons. The zero-order chi connectivity index (χ0) is 13.8. The van der Waals surface area contributed by atoms with Crippen LogP contribution < -0.4 is 4.72 Å². The lowest BCUT2D eigenvalue weighted by molar-refractivity contribution is -0.385. The molecule has 18 heavy (non-hydrogen) atoms. The van der Waals surface area contributed by atoms with Gasteiger partial charge in [-0.25, -0.2) is 8.42 Å². The molecule has 0 atom stereocenters. The Hall–Kier alpha value is -1.34. The molecule has 1 N–H and O–H groups in total. The van der Waals surface area contributed by atoms with Gasteiger partial charge in [-0.1, -0.05) is 6.07 Å². The third kappa shape index (κ3) is 3.85. The van der Waals surface area contributed by atoms with Crippen molar-refractivity contribution in [2.24, 2.45) is 0 Å². The summed E-state index contributed by atoms with van der Waals surface area (Å²) in [6, 6.07) is 4.25. The van der Waals surface area contributed by atoms with Gasteiger partial charge in [0.25, 0.3) is 5.69 Å². The second-order valence-corrected chi connectivity index (χ2v) is 5.89. The van der Waals surface area contributed by atoms with E-state index in [-0.39, 0.29) is 28.6 Å². The van der Waals surface area contributed by atoms with Gasteiger partial charge in [0, 0.05) is 11.9 Å². The van der Waals surface area contributed by atoms with Crippen molar-refractivity contribution >= 4 is 33.0 Å². The fourth-order valence-corrected chi connectivity index (χ4v) is 2.87. The molecule has 8 heteroatoms. The summed E-state index contributed by atoms with van der Waals surface area (Å²) in [5, 5.41) is 10.7. The summed E-state index contributed by atoms with van der Waals surface area (Å²) in [6.07, 6.45) is 0.324. The Morgan fingerprint density at radius 1 is 1.44 bits per heavy atom. The average molecular weight is 293 g/mol. The minimum absolute atomic E-state index is 0.112. The first-order valence-electron chi connectivity index (χ1n) is 5.18. The standard InChI is InChI=1S/C10H13ClN2O4S/c1-8-9(4-2-5-10(8)13(14)15)12-18(16,17)7-3-6-11/h2,4-5,12H,3,6-7H2,1H3. The highest BCUT2D eigenvalue weighted by atomic mass is 35.5. The number of anilines is 1. The fourth-order valence-electron chi connectivity index (χ4n) is 1.39. The maximum Gasteiger partial charge on any atom is 0.274 e. The smallest absolute Gasteiger partial charge is 0.274 e. The molecule has 0 saturated carbocycles. The van der Waals surface area contributed by atoms with Crippen LogP contribution in [0.5, 0.6) is 0 Å². The Balaban J connectivity index is 2.98. The Morgan fingerprint density at radius 2 is 2.11 bits per heavy atom. The van der Waals surface area contributed by atoms with Gasteiger partial charge in [0.1, 0.15) is 0 Å². The van der Waals surface area contributed by atoms with Gasteiger partial charge in [0.15, 0.2) is 0 Å². The second kappa shape index (κ2) is 6.01. The molecule has 0 amide bonds. The quantitative estimate of drug-likeness (QED) is 0.495. The molecule has 1 aromatic rings. The number of sulfonamides is 1. The maximum atomic E-state index is 11.7. The summed E-state index contributed by atoms with van der Waals surface area (Å²) in [5.41, 5.74) is 0.392. The van der Waals surface area contributed by atoms with E-state index in [0.29, 0.717) is 6.42 Å². The number of benzene rings is 1. The highest BCUT2D eigenvalue weighted by Crippen LogP contribution is 2.25. The highest BCUT2D eigenvalue weighted by Gasteiger charge is 2.17. The summed E-state index contributed by atoms with van der Waals surface area (Å²) in [6.45, 7) is 1.50. The predicted molar refractivity (Wildman–Crippen MR) is 70.6 cm³/mol. The van der Waals surface area contributed by atoms with Crippen molar-refractivity contribution in [2.45, 2.75) is 13.3 Å². The van der Waals surface area contributed by atoms with Gasteiger partial charge in [-0.05, 0) is 19.4 Å². The number of hydrogen-bond acceptors (Lipinski definition) is 4. The lowest BCUT2D eigenvalue weighted by Gasteiger charge is -2.09. The molecule has 0 aliphatic heterocycles. The summed E-state index contributed by atoms with van der Waals surface area (Å²) >= 11 is 5.43. The molecule has 0 bridgehead atoms. The third-order valence-corrected chi connectivity index (χ3v) is 3.94. The lowest BCUT2D eigenvalue weighted by Crippen LogP contribution is -2.17. The van der Waals surface area contributed by atoms with Crippen molar-refractivity contribution in [1.82, 2.24) is 0 Å². The number of nitro groups is 1. The normalized spacial score (nSPS) is 11.2. The van der Waals surface area contributed by atoms with E-state index in [1.165, 1.54) is 25.1 Å². The van der Waals surface area contributed by atoms with Crippen LogP contribution in [0.1, 0.15) is 12.0 Å². The maximum absolute atomic E-state index is 11.7. The third-order valence-electron chi connectivity index (χ3n) is 2.31. The van der Waals surface area contributed by atoms with E-state index in [1.807, 2.05) is 0 Å². The lowest BCUT2D eigenvalue weighted by atomic mass is 10.2. The Morgan fingerprint density at radius 3 is 2.67 bits per heavy atom. The molecule has 0 heterocycles. The van der Waals surface area contributed by atoms with Crippen molar-refractivity contribution < 1.29 is 13.3 Å². The zero-order valence-electron chi connectivity index (χ0n) is 9.72. The molecule has 0 spiro atoms. The Kier molecular flexibility index (Phi) is 4.92. The SMILES string of the molecule is Cc1c(NS(=O)(=O)CCCCl)cccc1[N+](=O)[O-]. The molecule has 0 aliphatic carbocycles. The zero-order valence-corrected chi connectivity index (χ0v) is 11.3. The van der Waals surface area contributed by atoms with Crippen LogP contribution in [0.15, 0.2) is 18.2 Å². The van der Waals surface area contributed by atoms with E-state index in [0.717, 1.165) is 0 Å². The van der Waals surface area contributed by atoms with E-state index >= 15 is 0 Å². The average Bonchev–Trinajstić information content (AvgIpc) is 2.29. The Bertz CT molecular complexity index is 545. The molecule has 0 aromatic heterocycles. The molecule has 0 aliphatic rings. The number of nitrogens with zero attached hydrogens (tertiary/aromatic N) is 1. The molecule has 100 valence electrons. The van der Waals surface area contributed by atoms with Crippen molar-refractivity contribution in [2.75, 3.05) is 16.4 Å². The minimum atomic E-state index is -3.52. The van der Waals surface area contributed by atoms with Crippen molar-refractivity contribution in [3.8, 4) is 0 Å². The molecule has 0 unspecified atom stereocenters. The number of hydrogen-bond donors (Lipinski definition) is 1. The van der Waals surface area contributed by atoms with Crippen molar-refractivity contribution in [3.05, 3.63) is 33.9 Å². The fraction of sp³-hybridized carbons (Fsp3) is 0.400. The predicted octanol–water partition coefficient (Wildman–Crippen LogP) is 2.27. The van der Waals surface area contributed by atoms with Crippen LogP contribution in [0.25, 0.3) is 0 Å². The van der Waals surface area contributed by atoms with Crippen molar-refractivity contribution in [3.63, 3.8) is 0 Å². The number of halogens is 1. The summed E-state index contributed by atoms with van der Waals surface area (Å²) in [4.78, 5) is 10.2. The summed E-state index contributed by atoms with van der Waals surface area (Å²) in [7, 11) is -3.52. The van der Waals surface area contributed by atoms with Gasteiger partial charge >= 0.3 is 0 Å². The van der Waals surface area contributed by atoms with E-state index in [2.05, 4.69) is 4.72 Å². The van der Waals surface area contributed by atoms with E-state index in [9.17, 15) is 18.5 Å². The molecule has 6 nitrogen and oxygen atoms in total. The van der Waals surface area contributed by atoms with Gasteiger partial charge < -0.3 is 0 Å². The number of alkyl halides is 1. The molecular weight excluding hydrogens is 280 g/mol.